The molecule has 0 saturated heterocycles. The largest absolute Gasteiger partial charge is 0.493 e. The van der Waals surface area contributed by atoms with E-state index in [1.165, 1.54) is 6.07 Å². The number of aliphatic hydroxyl groups excluding tert-OH is 1. The fraction of sp³-hybridized carbons (Fsp3) is 0.600. The smallest absolute Gasteiger partial charge is 0.129 e. The van der Waals surface area contributed by atoms with E-state index in [1.807, 2.05) is 13.8 Å². The van der Waals surface area contributed by atoms with Crippen molar-refractivity contribution in [2.75, 3.05) is 6.61 Å². The van der Waals surface area contributed by atoms with Gasteiger partial charge in [-0.3, -0.25) is 0 Å². The van der Waals surface area contributed by atoms with Crippen molar-refractivity contribution < 1.29 is 14.2 Å². The van der Waals surface area contributed by atoms with E-state index >= 15 is 0 Å². The molecule has 18 heavy (non-hydrogen) atoms. The van der Waals surface area contributed by atoms with Gasteiger partial charge in [-0.25, -0.2) is 4.39 Å². The summed E-state index contributed by atoms with van der Waals surface area (Å²) in [5, 5.41) is 9.98. The van der Waals surface area contributed by atoms with Crippen molar-refractivity contribution in [2.45, 2.75) is 40.2 Å². The van der Waals surface area contributed by atoms with Gasteiger partial charge in [-0.15, -0.1) is 0 Å². The van der Waals surface area contributed by atoms with Crippen LogP contribution in [-0.2, 0) is 0 Å². The van der Waals surface area contributed by atoms with Crippen molar-refractivity contribution in [3.8, 4) is 5.75 Å². The molecule has 102 valence electrons. The van der Waals surface area contributed by atoms with Gasteiger partial charge < -0.3 is 9.84 Å². The van der Waals surface area contributed by atoms with Crippen molar-refractivity contribution in [1.29, 1.82) is 0 Å². The lowest BCUT2D eigenvalue weighted by Crippen LogP contribution is -2.07. The first kappa shape index (κ1) is 15.0. The summed E-state index contributed by atoms with van der Waals surface area (Å²) in [7, 11) is 0. The average molecular weight is 254 g/mol. The Morgan fingerprint density at radius 3 is 2.39 bits per heavy atom. The highest BCUT2D eigenvalue weighted by atomic mass is 19.1. The minimum atomic E-state index is -0.771. The fourth-order valence-electron chi connectivity index (χ4n) is 1.70. The third-order valence-electron chi connectivity index (χ3n) is 2.60. The molecule has 0 spiro atoms. The maximum Gasteiger partial charge on any atom is 0.129 e. The van der Waals surface area contributed by atoms with Gasteiger partial charge in [-0.2, -0.15) is 0 Å². The number of halogens is 1. The first-order valence-electron chi connectivity index (χ1n) is 6.50. The summed E-state index contributed by atoms with van der Waals surface area (Å²) in [5.74, 6) is 0.974. The van der Waals surface area contributed by atoms with Crippen LogP contribution >= 0.6 is 0 Å². The molecule has 1 atom stereocenters. The van der Waals surface area contributed by atoms with Crippen molar-refractivity contribution in [3.05, 3.63) is 29.6 Å². The summed E-state index contributed by atoms with van der Waals surface area (Å²) >= 11 is 0. The van der Waals surface area contributed by atoms with Crippen LogP contribution in [0.1, 0.15) is 45.8 Å². The molecule has 0 saturated carbocycles. The van der Waals surface area contributed by atoms with Crippen LogP contribution in [0.3, 0.4) is 0 Å². The summed E-state index contributed by atoms with van der Waals surface area (Å²) < 4.78 is 19.2. The Morgan fingerprint density at radius 1 is 1.17 bits per heavy atom. The van der Waals surface area contributed by atoms with E-state index in [-0.39, 0.29) is 5.82 Å². The van der Waals surface area contributed by atoms with Crippen molar-refractivity contribution in [3.63, 3.8) is 0 Å². The molecule has 0 aliphatic carbocycles. The summed E-state index contributed by atoms with van der Waals surface area (Å²) in [6.45, 7) is 8.70. The van der Waals surface area contributed by atoms with Gasteiger partial charge in [0.1, 0.15) is 11.6 Å². The molecule has 0 fully saturated rings. The SMILES string of the molecule is CC(C)COc1ccc(F)c(C(O)CC(C)C)c1. The highest BCUT2D eigenvalue weighted by Gasteiger charge is 2.15. The molecule has 0 aliphatic heterocycles. The summed E-state index contributed by atoms with van der Waals surface area (Å²) in [6.07, 6.45) is -0.225. The van der Waals surface area contributed by atoms with Gasteiger partial charge in [0, 0.05) is 5.56 Å². The van der Waals surface area contributed by atoms with Crippen molar-refractivity contribution in [2.24, 2.45) is 11.8 Å². The van der Waals surface area contributed by atoms with Crippen LogP contribution in [0.2, 0.25) is 0 Å². The second-order valence-electron chi connectivity index (χ2n) is 5.53. The minimum absolute atomic E-state index is 0.319. The topological polar surface area (TPSA) is 29.5 Å². The van der Waals surface area contributed by atoms with E-state index in [0.29, 0.717) is 36.2 Å². The molecular weight excluding hydrogens is 231 g/mol. The quantitative estimate of drug-likeness (QED) is 0.833. The standard InChI is InChI=1S/C15H23FO2/c1-10(2)7-15(17)13-8-12(5-6-14(13)16)18-9-11(3)4/h5-6,8,10-11,15,17H,7,9H2,1-4H3. The maximum absolute atomic E-state index is 13.7. The van der Waals surface area contributed by atoms with Gasteiger partial charge >= 0.3 is 0 Å². The molecule has 3 heteroatoms. The van der Waals surface area contributed by atoms with E-state index in [0.717, 1.165) is 0 Å². The van der Waals surface area contributed by atoms with Crippen molar-refractivity contribution in [1.82, 2.24) is 0 Å². The first-order valence-corrected chi connectivity index (χ1v) is 6.50. The molecule has 0 aromatic heterocycles. The molecule has 1 aromatic rings. The van der Waals surface area contributed by atoms with Crippen LogP contribution in [0.4, 0.5) is 4.39 Å². The lowest BCUT2D eigenvalue weighted by Gasteiger charge is -2.16. The highest BCUT2D eigenvalue weighted by Crippen LogP contribution is 2.27. The lowest BCUT2D eigenvalue weighted by atomic mass is 9.99. The van der Waals surface area contributed by atoms with E-state index in [4.69, 9.17) is 4.74 Å². The molecule has 1 aromatic carbocycles. The molecule has 1 rings (SSSR count). The third-order valence-corrected chi connectivity index (χ3v) is 2.60. The van der Waals surface area contributed by atoms with Gasteiger partial charge in [0.2, 0.25) is 0 Å². The van der Waals surface area contributed by atoms with E-state index in [2.05, 4.69) is 13.8 Å². The molecule has 1 unspecified atom stereocenters. The number of rotatable bonds is 6. The third kappa shape index (κ3) is 4.65. The number of benzene rings is 1. The average Bonchev–Trinajstić information content (AvgIpc) is 2.26. The van der Waals surface area contributed by atoms with Crippen molar-refractivity contribution >= 4 is 0 Å². The van der Waals surface area contributed by atoms with Gasteiger partial charge in [0.15, 0.2) is 0 Å². The van der Waals surface area contributed by atoms with Crippen LogP contribution in [0.15, 0.2) is 18.2 Å². The molecular formula is C15H23FO2. The molecule has 0 heterocycles. The Bertz CT molecular complexity index is 375. The second-order valence-corrected chi connectivity index (χ2v) is 5.53. The molecule has 0 bridgehead atoms. The number of hydrogen-bond donors (Lipinski definition) is 1. The summed E-state index contributed by atoms with van der Waals surface area (Å²) in [6, 6.07) is 4.56. The van der Waals surface area contributed by atoms with Gasteiger partial charge in [-0.1, -0.05) is 27.7 Å². The first-order chi connectivity index (χ1) is 8.40. The number of aliphatic hydroxyl groups is 1. The molecule has 0 amide bonds. The van der Waals surface area contributed by atoms with Crippen LogP contribution in [0, 0.1) is 17.7 Å². The zero-order chi connectivity index (χ0) is 13.7. The Balaban J connectivity index is 2.80. The Morgan fingerprint density at radius 2 is 1.83 bits per heavy atom. The molecule has 2 nitrogen and oxygen atoms in total. The summed E-state index contributed by atoms with van der Waals surface area (Å²) in [5.41, 5.74) is 0.324. The minimum Gasteiger partial charge on any atom is -0.493 e. The van der Waals surface area contributed by atoms with Crippen LogP contribution in [0.5, 0.6) is 5.75 Å². The predicted molar refractivity (Wildman–Crippen MR) is 71.1 cm³/mol. The van der Waals surface area contributed by atoms with E-state index in [9.17, 15) is 9.50 Å². The monoisotopic (exact) mass is 254 g/mol. The van der Waals surface area contributed by atoms with Gasteiger partial charge in [-0.05, 0) is 36.5 Å². The highest BCUT2D eigenvalue weighted by molar-refractivity contribution is 5.31. The Labute approximate surface area is 109 Å². The van der Waals surface area contributed by atoms with Gasteiger partial charge in [0.05, 0.1) is 12.7 Å². The Hall–Kier alpha value is -1.09. The molecule has 0 radical (unpaired) electrons. The van der Waals surface area contributed by atoms with Crippen LogP contribution in [0.25, 0.3) is 0 Å². The second kappa shape index (κ2) is 6.74. The number of ether oxygens (including phenoxy) is 1. The molecule has 1 N–H and O–H groups in total. The fourth-order valence-corrected chi connectivity index (χ4v) is 1.70. The maximum atomic E-state index is 13.7. The zero-order valence-electron chi connectivity index (χ0n) is 11.6. The van der Waals surface area contributed by atoms with Crippen LogP contribution < -0.4 is 4.74 Å². The summed E-state index contributed by atoms with van der Waals surface area (Å²) in [4.78, 5) is 0. The normalized spacial score (nSPS) is 13.1. The predicted octanol–water partition coefficient (Wildman–Crippen LogP) is 3.94. The van der Waals surface area contributed by atoms with E-state index in [1.54, 1.807) is 12.1 Å². The molecule has 0 aliphatic rings. The number of hydrogen-bond acceptors (Lipinski definition) is 2. The van der Waals surface area contributed by atoms with Gasteiger partial charge in [0.25, 0.3) is 0 Å². The zero-order valence-corrected chi connectivity index (χ0v) is 11.6. The van der Waals surface area contributed by atoms with E-state index < -0.39 is 6.10 Å². The Kier molecular flexibility index (Phi) is 5.60. The van der Waals surface area contributed by atoms with Crippen LogP contribution in [-0.4, -0.2) is 11.7 Å². The lowest BCUT2D eigenvalue weighted by molar-refractivity contribution is 0.146.